The Bertz CT molecular complexity index is 1060. The van der Waals surface area contributed by atoms with E-state index in [1.807, 2.05) is 0 Å². The largest absolute Gasteiger partial charge is 0.394 e. The van der Waals surface area contributed by atoms with Crippen molar-refractivity contribution in [3.63, 3.8) is 0 Å². The third kappa shape index (κ3) is 3.87. The highest BCUT2D eigenvalue weighted by Crippen LogP contribution is 2.52. The van der Waals surface area contributed by atoms with Gasteiger partial charge < -0.3 is 24.8 Å². The lowest BCUT2D eigenvalue weighted by Gasteiger charge is -2.46. The van der Waals surface area contributed by atoms with Crippen LogP contribution in [-0.2, 0) is 28.7 Å². The fraction of sp³-hybridized carbons (Fsp3) is 0.333. The molecular formula is C27H30O5. The zero-order chi connectivity index (χ0) is 25.3. The monoisotopic (exact) mass is 437 g/mol. The first-order valence-electron chi connectivity index (χ1n) is 12.2. The normalized spacial score (nSPS) is 34.1. The summed E-state index contributed by atoms with van der Waals surface area (Å²) in [5, 5.41) is 35.2. The quantitative estimate of drug-likeness (QED) is 0.505. The van der Waals surface area contributed by atoms with Gasteiger partial charge in [0, 0.05) is 30.4 Å². The molecule has 1 saturated heterocycles. The molecule has 7 atom stereocenters. The van der Waals surface area contributed by atoms with Crippen LogP contribution in [0.5, 0.6) is 0 Å². The Morgan fingerprint density at radius 2 is 1.22 bits per heavy atom. The van der Waals surface area contributed by atoms with Gasteiger partial charge in [-0.25, -0.2) is 0 Å². The van der Waals surface area contributed by atoms with E-state index in [1.54, 1.807) is 91.0 Å². The van der Waals surface area contributed by atoms with Gasteiger partial charge in [-0.05, 0) is 16.7 Å². The van der Waals surface area contributed by atoms with Crippen LogP contribution >= 0.6 is 0 Å². The average molecular weight is 438 g/mol. The smallest absolute Gasteiger partial charge is 0.205 e. The molecule has 0 bridgehead atoms. The molecule has 1 fully saturated rings. The van der Waals surface area contributed by atoms with Crippen molar-refractivity contribution in [2.75, 3.05) is 13.7 Å². The van der Waals surface area contributed by atoms with Crippen LogP contribution < -0.4 is 0 Å². The maximum atomic E-state index is 12.6. The summed E-state index contributed by atoms with van der Waals surface area (Å²) in [5.74, 6) is -2.30. The Morgan fingerprint density at radius 3 is 1.66 bits per heavy atom. The third-order valence-corrected chi connectivity index (χ3v) is 5.94. The molecule has 0 saturated carbocycles. The number of aliphatic hydroxyl groups excluding tert-OH is 1. The lowest BCUT2D eigenvalue weighted by molar-refractivity contribution is -0.287. The zero-order valence-electron chi connectivity index (χ0n) is 20.8. The Hall–Kier alpha value is -2.54. The predicted octanol–water partition coefficient (Wildman–Crippen LogP) is 2.91. The minimum atomic E-state index is -2.66. The molecule has 3 N–H and O–H groups in total. The first-order valence-corrected chi connectivity index (χ1v) is 10.5. The summed E-state index contributed by atoms with van der Waals surface area (Å²) in [5.41, 5.74) is -4.10. The van der Waals surface area contributed by atoms with Gasteiger partial charge in [0.2, 0.25) is 5.79 Å². The molecule has 4 rings (SSSR count). The summed E-state index contributed by atoms with van der Waals surface area (Å²) in [7, 11) is 1.23. The standard InChI is InChI=1S/C27H30O5/c1-31-27(19-23-15-9-4-10-16-23)26(30,18-22-13-7-3-8-14-22)25(29,24(20-28)32-27)17-21-11-5-2-6-12-21/h2-16,24,28-30H,17-20H2,1H3/t24-,25-,26+,27?/m1/s1/i17D,18D,19D/t17?,18?,19?,24-,25-,26+,27?. The SMILES string of the molecule is [2H]C(c1ccccc1)C1(OC)O[C@H](CO)[C@](O)(C([2H])c2ccccc2)[C@@]1(O)C([2H])c1ccccc1. The van der Waals surface area contributed by atoms with Gasteiger partial charge in [-0.3, -0.25) is 0 Å². The van der Waals surface area contributed by atoms with Gasteiger partial charge in [-0.1, -0.05) is 91.0 Å². The highest BCUT2D eigenvalue weighted by Gasteiger charge is 2.73. The van der Waals surface area contributed by atoms with Crippen LogP contribution in [0.4, 0.5) is 0 Å². The Labute approximate surface area is 193 Å². The number of methoxy groups -OCH3 is 1. The molecule has 0 aromatic heterocycles. The van der Waals surface area contributed by atoms with Crippen LogP contribution in [0.15, 0.2) is 91.0 Å². The number of aliphatic hydroxyl groups is 3. The van der Waals surface area contributed by atoms with Crippen molar-refractivity contribution < 1.29 is 28.9 Å². The van der Waals surface area contributed by atoms with Gasteiger partial charge in [0.1, 0.15) is 11.7 Å². The van der Waals surface area contributed by atoms with Crippen molar-refractivity contribution in [2.24, 2.45) is 0 Å². The Kier molecular flexibility index (Phi) is 5.42. The molecule has 4 unspecified atom stereocenters. The van der Waals surface area contributed by atoms with Crippen LogP contribution in [0.3, 0.4) is 0 Å². The summed E-state index contributed by atoms with van der Waals surface area (Å²) in [6.45, 7) is -0.769. The lowest BCUT2D eigenvalue weighted by atomic mass is 9.68. The summed E-state index contributed by atoms with van der Waals surface area (Å²) in [4.78, 5) is 0. The summed E-state index contributed by atoms with van der Waals surface area (Å²) in [6.07, 6.45) is -6.09. The van der Waals surface area contributed by atoms with Crippen LogP contribution in [0.1, 0.15) is 20.8 Å². The van der Waals surface area contributed by atoms with E-state index in [4.69, 9.17) is 12.2 Å². The van der Waals surface area contributed by atoms with Gasteiger partial charge in [-0.2, -0.15) is 0 Å². The van der Waals surface area contributed by atoms with E-state index >= 15 is 0 Å². The second kappa shape index (κ2) is 9.14. The number of ether oxygens (including phenoxy) is 2. The van der Waals surface area contributed by atoms with Gasteiger partial charge in [-0.15, -0.1) is 0 Å². The molecule has 32 heavy (non-hydrogen) atoms. The van der Waals surface area contributed by atoms with Crippen LogP contribution in [0, 0.1) is 0 Å². The number of benzene rings is 3. The van der Waals surface area contributed by atoms with Crippen molar-refractivity contribution in [1.29, 1.82) is 0 Å². The van der Waals surface area contributed by atoms with E-state index < -0.39 is 48.9 Å². The molecule has 3 aromatic carbocycles. The lowest BCUT2D eigenvalue weighted by Crippen LogP contribution is -2.67. The van der Waals surface area contributed by atoms with Crippen molar-refractivity contribution >= 4 is 0 Å². The highest BCUT2D eigenvalue weighted by atomic mass is 16.7. The van der Waals surface area contributed by atoms with Gasteiger partial charge in [0.15, 0.2) is 5.60 Å². The average Bonchev–Trinajstić information content (AvgIpc) is 3.14. The van der Waals surface area contributed by atoms with E-state index in [1.165, 1.54) is 7.11 Å². The predicted molar refractivity (Wildman–Crippen MR) is 122 cm³/mol. The number of hydrogen-bond donors (Lipinski definition) is 3. The maximum Gasteiger partial charge on any atom is 0.205 e. The summed E-state index contributed by atoms with van der Waals surface area (Å²) >= 11 is 0. The second-order valence-corrected chi connectivity index (χ2v) is 7.92. The third-order valence-electron chi connectivity index (χ3n) is 5.94. The van der Waals surface area contributed by atoms with Crippen molar-refractivity contribution in [1.82, 2.24) is 0 Å². The van der Waals surface area contributed by atoms with Crippen molar-refractivity contribution in [3.8, 4) is 0 Å². The maximum absolute atomic E-state index is 12.6. The fourth-order valence-electron chi connectivity index (χ4n) is 4.28. The molecule has 1 aliphatic rings. The molecule has 5 nitrogen and oxygen atoms in total. The molecule has 0 spiro atoms. The van der Waals surface area contributed by atoms with Gasteiger partial charge in [0.05, 0.1) is 6.61 Å². The number of rotatable bonds is 8. The molecule has 3 aromatic rings. The Morgan fingerprint density at radius 1 is 0.781 bits per heavy atom. The van der Waals surface area contributed by atoms with Gasteiger partial charge >= 0.3 is 0 Å². The topological polar surface area (TPSA) is 79.2 Å². The van der Waals surface area contributed by atoms with Crippen LogP contribution in [-0.4, -0.2) is 52.1 Å². The molecule has 1 heterocycles. The van der Waals surface area contributed by atoms with Crippen molar-refractivity contribution in [3.05, 3.63) is 108 Å². The summed E-state index contributed by atoms with van der Waals surface area (Å²) in [6, 6.07) is 25.3. The molecule has 5 heteroatoms. The summed E-state index contributed by atoms with van der Waals surface area (Å²) < 4.78 is 39.2. The molecule has 0 aliphatic carbocycles. The van der Waals surface area contributed by atoms with Crippen molar-refractivity contribution in [2.45, 2.75) is 42.3 Å². The van der Waals surface area contributed by atoms with Crippen LogP contribution in [0.25, 0.3) is 0 Å². The minimum Gasteiger partial charge on any atom is -0.394 e. The highest BCUT2D eigenvalue weighted by molar-refractivity contribution is 5.31. The fourth-order valence-corrected chi connectivity index (χ4v) is 4.28. The van der Waals surface area contributed by atoms with E-state index in [-0.39, 0.29) is 0 Å². The van der Waals surface area contributed by atoms with E-state index in [2.05, 4.69) is 0 Å². The zero-order valence-corrected chi connectivity index (χ0v) is 17.8. The molecule has 0 amide bonds. The van der Waals surface area contributed by atoms with E-state index in [9.17, 15) is 16.7 Å². The van der Waals surface area contributed by atoms with E-state index in [0.717, 1.165) is 0 Å². The number of hydrogen-bond acceptors (Lipinski definition) is 5. The first kappa shape index (κ1) is 19.0. The molecule has 0 radical (unpaired) electrons. The Balaban J connectivity index is 1.99. The van der Waals surface area contributed by atoms with E-state index in [0.29, 0.717) is 16.7 Å². The minimum absolute atomic E-state index is 0.331. The molecule has 168 valence electrons. The second-order valence-electron chi connectivity index (χ2n) is 7.92. The van der Waals surface area contributed by atoms with Gasteiger partial charge in [0.25, 0.3) is 0 Å². The first-order chi connectivity index (χ1) is 16.8. The van der Waals surface area contributed by atoms with Crippen LogP contribution in [0.2, 0.25) is 0 Å². The molecule has 1 aliphatic heterocycles. The molecular weight excluding hydrogens is 404 g/mol.